The average molecular weight is 581 g/mol. The van der Waals surface area contributed by atoms with Crippen molar-refractivity contribution >= 4 is 29.5 Å². The smallest absolute Gasteiger partial charge is 0.413 e. The van der Waals surface area contributed by atoms with Gasteiger partial charge in [0.25, 0.3) is 0 Å². The van der Waals surface area contributed by atoms with Gasteiger partial charge in [0.15, 0.2) is 0 Å². The van der Waals surface area contributed by atoms with Gasteiger partial charge in [-0.25, -0.2) is 14.6 Å². The molecule has 0 aliphatic carbocycles. The van der Waals surface area contributed by atoms with Crippen molar-refractivity contribution in [2.75, 3.05) is 38.1 Å². The zero-order valence-electron chi connectivity index (χ0n) is 23.1. The number of hydrogen-bond acceptors (Lipinski definition) is 7. The van der Waals surface area contributed by atoms with Crippen LogP contribution in [0, 0.1) is 0 Å². The summed E-state index contributed by atoms with van der Waals surface area (Å²) in [5.74, 6) is 0.954. The van der Waals surface area contributed by atoms with Crippen molar-refractivity contribution in [3.05, 3.63) is 83.0 Å². The Bertz CT molecular complexity index is 1260. The van der Waals surface area contributed by atoms with E-state index in [1.54, 1.807) is 24.3 Å². The summed E-state index contributed by atoms with van der Waals surface area (Å²) in [4.78, 5) is 31.2. The zero-order chi connectivity index (χ0) is 28.9. The predicted octanol–water partition coefficient (Wildman–Crippen LogP) is 5.43. The second-order valence-electron chi connectivity index (χ2n) is 9.97. The molecule has 0 fully saturated rings. The monoisotopic (exact) mass is 580 g/mol. The lowest BCUT2D eigenvalue weighted by Gasteiger charge is -2.24. The van der Waals surface area contributed by atoms with Gasteiger partial charge in [-0.15, -0.1) is 0 Å². The summed E-state index contributed by atoms with van der Waals surface area (Å²) in [5.41, 5.74) is 2.36. The lowest BCUT2D eigenvalue weighted by atomic mass is 10.1. The van der Waals surface area contributed by atoms with Crippen molar-refractivity contribution in [2.45, 2.75) is 44.6 Å². The number of para-hydroxylation sites is 1. The normalized spacial score (nSPS) is 13.1. The molecular formula is C31H37ClN4O5. The number of nitrogens with one attached hydrogen (secondary N) is 2. The number of anilines is 1. The van der Waals surface area contributed by atoms with Crippen LogP contribution >= 0.6 is 11.6 Å². The van der Waals surface area contributed by atoms with Gasteiger partial charge in [-0.05, 0) is 93.1 Å². The van der Waals surface area contributed by atoms with Crippen molar-refractivity contribution in [3.8, 4) is 11.5 Å². The number of halogens is 1. The standard InChI is InChI=1S/C31H37ClN4O5/c32-24-12-15-27(16-13-24)41-31(39)35-28(30(37)38)17-20-36(21-22-40-26-9-2-1-3-10-26)19-5-4-8-25-14-11-23-7-6-18-33-29(23)34-25/h1-3,9-16,28H,4-8,17-22H2,(H,33,34)(H,35,39)(H,37,38). The van der Waals surface area contributed by atoms with Crippen molar-refractivity contribution in [1.82, 2.24) is 15.2 Å². The number of amides is 1. The van der Waals surface area contributed by atoms with E-state index >= 15 is 0 Å². The lowest BCUT2D eigenvalue weighted by Crippen LogP contribution is -2.44. The second-order valence-corrected chi connectivity index (χ2v) is 10.4. The molecule has 0 bridgehead atoms. The van der Waals surface area contributed by atoms with E-state index in [4.69, 9.17) is 26.1 Å². The molecule has 0 spiro atoms. The highest BCUT2D eigenvalue weighted by Gasteiger charge is 2.22. The maximum absolute atomic E-state index is 12.3. The molecule has 1 aliphatic heterocycles. The van der Waals surface area contributed by atoms with Crippen LogP contribution in [0.2, 0.25) is 5.02 Å². The average Bonchev–Trinajstić information content (AvgIpc) is 2.98. The summed E-state index contributed by atoms with van der Waals surface area (Å²) >= 11 is 5.87. The van der Waals surface area contributed by atoms with Gasteiger partial charge in [0.05, 0.1) is 0 Å². The Balaban J connectivity index is 1.28. The number of carboxylic acids is 1. The van der Waals surface area contributed by atoms with Crippen molar-refractivity contribution in [2.24, 2.45) is 0 Å². The largest absolute Gasteiger partial charge is 0.492 e. The molecule has 0 radical (unpaired) electrons. The number of rotatable bonds is 15. The number of unbranched alkanes of at least 4 members (excludes halogenated alkanes) is 1. The van der Waals surface area contributed by atoms with Gasteiger partial charge < -0.3 is 25.2 Å². The molecule has 1 unspecified atom stereocenters. The minimum Gasteiger partial charge on any atom is -0.492 e. The number of nitrogens with zero attached hydrogens (tertiary/aromatic N) is 2. The van der Waals surface area contributed by atoms with E-state index in [0.29, 0.717) is 24.7 Å². The second kappa shape index (κ2) is 15.8. The highest BCUT2D eigenvalue weighted by Crippen LogP contribution is 2.20. The summed E-state index contributed by atoms with van der Waals surface area (Å²) in [6, 6.07) is 19.0. The molecular weight excluding hydrogens is 544 g/mol. The van der Waals surface area contributed by atoms with Crippen LogP contribution < -0.4 is 20.1 Å². The fourth-order valence-electron chi connectivity index (χ4n) is 4.64. The summed E-state index contributed by atoms with van der Waals surface area (Å²) < 4.78 is 11.1. The summed E-state index contributed by atoms with van der Waals surface area (Å²) in [7, 11) is 0. The fourth-order valence-corrected chi connectivity index (χ4v) is 4.77. The van der Waals surface area contributed by atoms with Crippen LogP contribution in [-0.4, -0.2) is 65.9 Å². The first-order chi connectivity index (χ1) is 20.0. The molecule has 1 aliphatic rings. The van der Waals surface area contributed by atoms with Gasteiger partial charge in [0.2, 0.25) is 0 Å². The Morgan fingerprint density at radius 2 is 1.80 bits per heavy atom. The van der Waals surface area contributed by atoms with Gasteiger partial charge in [-0.3, -0.25) is 4.90 Å². The maximum atomic E-state index is 12.3. The van der Waals surface area contributed by atoms with Gasteiger partial charge in [-0.1, -0.05) is 35.9 Å². The quantitative estimate of drug-likeness (QED) is 0.204. The van der Waals surface area contributed by atoms with E-state index < -0.39 is 18.1 Å². The molecule has 41 heavy (non-hydrogen) atoms. The number of hydrogen-bond donors (Lipinski definition) is 3. The van der Waals surface area contributed by atoms with E-state index in [-0.39, 0.29) is 12.2 Å². The number of benzene rings is 2. The summed E-state index contributed by atoms with van der Waals surface area (Å²) in [6.07, 6.45) is 4.34. The molecule has 2 aromatic carbocycles. The molecule has 1 aromatic heterocycles. The Hall–Kier alpha value is -3.82. The van der Waals surface area contributed by atoms with Gasteiger partial charge in [0.1, 0.15) is 30.0 Å². The lowest BCUT2D eigenvalue weighted by molar-refractivity contribution is -0.139. The molecule has 10 heteroatoms. The van der Waals surface area contributed by atoms with Gasteiger partial charge in [0, 0.05) is 30.4 Å². The highest BCUT2D eigenvalue weighted by molar-refractivity contribution is 6.30. The van der Waals surface area contributed by atoms with Crippen molar-refractivity contribution in [1.29, 1.82) is 0 Å². The minimum atomic E-state index is -1.12. The number of carbonyl (C=O) groups excluding carboxylic acids is 1. The van der Waals surface area contributed by atoms with E-state index in [1.807, 2.05) is 30.3 Å². The maximum Gasteiger partial charge on any atom is 0.413 e. The summed E-state index contributed by atoms with van der Waals surface area (Å²) in [6.45, 7) is 3.29. The molecule has 1 amide bonds. The first-order valence-corrected chi connectivity index (χ1v) is 14.4. The Morgan fingerprint density at radius 3 is 2.59 bits per heavy atom. The van der Waals surface area contributed by atoms with Crippen LogP contribution in [0.25, 0.3) is 0 Å². The van der Waals surface area contributed by atoms with Crippen LogP contribution in [-0.2, 0) is 17.6 Å². The van der Waals surface area contributed by atoms with Crippen LogP contribution in [0.3, 0.4) is 0 Å². The number of carbonyl (C=O) groups is 2. The topological polar surface area (TPSA) is 113 Å². The number of carboxylic acid groups (broad SMARTS) is 1. The number of ether oxygens (including phenoxy) is 2. The van der Waals surface area contributed by atoms with Gasteiger partial charge >= 0.3 is 12.1 Å². The first kappa shape index (κ1) is 30.1. The molecule has 9 nitrogen and oxygen atoms in total. The van der Waals surface area contributed by atoms with Gasteiger partial charge in [-0.2, -0.15) is 0 Å². The van der Waals surface area contributed by atoms with E-state index in [2.05, 4.69) is 27.7 Å². The number of aliphatic carboxylic acids is 1. The third-order valence-electron chi connectivity index (χ3n) is 6.88. The highest BCUT2D eigenvalue weighted by atomic mass is 35.5. The zero-order valence-corrected chi connectivity index (χ0v) is 23.8. The molecule has 0 saturated heterocycles. The van der Waals surface area contributed by atoms with Crippen LogP contribution in [0.5, 0.6) is 11.5 Å². The third-order valence-corrected chi connectivity index (χ3v) is 7.13. The molecule has 2 heterocycles. The number of fused-ring (bicyclic) bond motifs is 1. The van der Waals surface area contributed by atoms with Crippen molar-refractivity contribution < 1.29 is 24.2 Å². The van der Waals surface area contributed by atoms with E-state index in [1.165, 1.54) is 5.56 Å². The molecule has 218 valence electrons. The third kappa shape index (κ3) is 10.3. The SMILES string of the molecule is O=C(NC(CCN(CCCCc1ccc2c(n1)NCCC2)CCOc1ccccc1)C(=O)O)Oc1ccc(Cl)cc1. The summed E-state index contributed by atoms with van der Waals surface area (Å²) in [5, 5.41) is 16.1. The molecule has 3 aromatic rings. The number of pyridine rings is 1. The number of aromatic nitrogens is 1. The Labute approximate surface area is 245 Å². The van der Waals surface area contributed by atoms with E-state index in [0.717, 1.165) is 62.5 Å². The fraction of sp³-hybridized carbons (Fsp3) is 0.387. The van der Waals surface area contributed by atoms with Crippen LogP contribution in [0.4, 0.5) is 10.6 Å². The Morgan fingerprint density at radius 1 is 1.00 bits per heavy atom. The first-order valence-electron chi connectivity index (χ1n) is 14.1. The molecule has 0 saturated carbocycles. The predicted molar refractivity (Wildman–Crippen MR) is 159 cm³/mol. The van der Waals surface area contributed by atoms with Crippen LogP contribution in [0.1, 0.15) is 36.9 Å². The molecule has 3 N–H and O–H groups in total. The minimum absolute atomic E-state index is 0.217. The van der Waals surface area contributed by atoms with Crippen LogP contribution in [0.15, 0.2) is 66.7 Å². The van der Waals surface area contributed by atoms with Crippen molar-refractivity contribution in [3.63, 3.8) is 0 Å². The molecule has 1 atom stereocenters. The molecule has 4 rings (SSSR count). The number of aryl methyl sites for hydroxylation is 2. The van der Waals surface area contributed by atoms with E-state index in [9.17, 15) is 14.7 Å². The Kier molecular flexibility index (Phi) is 11.6.